The quantitative estimate of drug-likeness (QED) is 0.836. The maximum absolute atomic E-state index is 13.0. The van der Waals surface area contributed by atoms with Crippen molar-refractivity contribution in [1.29, 1.82) is 0 Å². The number of rotatable bonds is 3. The molecule has 1 aromatic rings. The number of likely N-dealkylation sites (tertiary alicyclic amines) is 1. The van der Waals surface area contributed by atoms with Gasteiger partial charge in [-0.25, -0.2) is 4.79 Å². The molecule has 1 heterocycles. The maximum Gasteiger partial charge on any atom is 0.416 e. The van der Waals surface area contributed by atoms with E-state index in [1.165, 1.54) is 11.0 Å². The molecule has 1 saturated carbocycles. The summed E-state index contributed by atoms with van der Waals surface area (Å²) in [5.41, 5.74) is -1.32. The van der Waals surface area contributed by atoms with Crippen LogP contribution in [0.15, 0.2) is 18.2 Å². The molecular formula is C18H22F3N3O3. The standard InChI is InChI=1S/C18H22F3N3O3/c1-23(2)14-6-5-11(18(19,20)21)8-13(14)22-16(27)24-9-12-4-3-7-17(12,10-24)15(25)26/h5-6,8,12H,3-4,7,9-10H2,1-2H3,(H,22,27)(H,25,26)/t12-,17+/m0/s1. The highest BCUT2D eigenvalue weighted by atomic mass is 19.4. The van der Waals surface area contributed by atoms with Gasteiger partial charge in [-0.15, -0.1) is 0 Å². The zero-order chi connectivity index (χ0) is 20.0. The van der Waals surface area contributed by atoms with Gasteiger partial charge in [-0.2, -0.15) is 13.2 Å². The second kappa shape index (κ2) is 6.61. The Morgan fingerprint density at radius 2 is 2.04 bits per heavy atom. The van der Waals surface area contributed by atoms with Gasteiger partial charge in [0.2, 0.25) is 0 Å². The van der Waals surface area contributed by atoms with Crippen LogP contribution in [0.5, 0.6) is 0 Å². The zero-order valence-corrected chi connectivity index (χ0v) is 15.1. The van der Waals surface area contributed by atoms with E-state index in [2.05, 4.69) is 5.32 Å². The van der Waals surface area contributed by atoms with Crippen LogP contribution in [0.25, 0.3) is 0 Å². The van der Waals surface area contributed by atoms with Crippen molar-refractivity contribution in [1.82, 2.24) is 4.90 Å². The van der Waals surface area contributed by atoms with Gasteiger partial charge in [-0.1, -0.05) is 6.42 Å². The number of amides is 2. The van der Waals surface area contributed by atoms with Gasteiger partial charge in [0, 0.05) is 27.2 Å². The number of nitrogens with one attached hydrogen (secondary N) is 1. The molecule has 0 bridgehead atoms. The number of carbonyl (C=O) groups is 2. The number of benzene rings is 1. The highest BCUT2D eigenvalue weighted by Crippen LogP contribution is 2.49. The molecule has 1 saturated heterocycles. The van der Waals surface area contributed by atoms with Crippen molar-refractivity contribution >= 4 is 23.4 Å². The summed E-state index contributed by atoms with van der Waals surface area (Å²) in [5, 5.41) is 12.2. The predicted molar refractivity (Wildman–Crippen MR) is 93.8 cm³/mol. The molecule has 0 spiro atoms. The summed E-state index contributed by atoms with van der Waals surface area (Å²) in [6.07, 6.45) is -2.46. The number of carboxylic acid groups (broad SMARTS) is 1. The van der Waals surface area contributed by atoms with Crippen molar-refractivity contribution in [3.05, 3.63) is 23.8 Å². The molecule has 1 aliphatic heterocycles. The third-order valence-electron chi connectivity index (χ3n) is 5.63. The largest absolute Gasteiger partial charge is 0.481 e. The van der Waals surface area contributed by atoms with Gasteiger partial charge in [0.05, 0.1) is 22.4 Å². The van der Waals surface area contributed by atoms with Crippen molar-refractivity contribution in [3.8, 4) is 0 Å². The van der Waals surface area contributed by atoms with E-state index in [4.69, 9.17) is 0 Å². The van der Waals surface area contributed by atoms with Gasteiger partial charge < -0.3 is 20.2 Å². The number of carboxylic acids is 1. The Balaban J connectivity index is 1.83. The average molecular weight is 385 g/mol. The van der Waals surface area contributed by atoms with Gasteiger partial charge >= 0.3 is 18.2 Å². The minimum Gasteiger partial charge on any atom is -0.481 e. The van der Waals surface area contributed by atoms with Crippen LogP contribution in [0, 0.1) is 11.3 Å². The molecule has 1 aromatic carbocycles. The van der Waals surface area contributed by atoms with E-state index in [0.717, 1.165) is 25.0 Å². The smallest absolute Gasteiger partial charge is 0.416 e. The third kappa shape index (κ3) is 3.42. The fourth-order valence-corrected chi connectivity index (χ4v) is 4.19. The highest BCUT2D eigenvalue weighted by molar-refractivity contribution is 5.94. The Bertz CT molecular complexity index is 766. The summed E-state index contributed by atoms with van der Waals surface area (Å²) in [6, 6.07) is 2.59. The SMILES string of the molecule is CN(C)c1ccc(C(F)(F)F)cc1NC(=O)N1C[C@@H]2CCC[C@@]2(C(=O)O)C1. The molecule has 2 aliphatic rings. The Labute approximate surface area is 154 Å². The molecule has 2 fully saturated rings. The molecule has 9 heteroatoms. The van der Waals surface area contributed by atoms with Gasteiger partial charge in [0.15, 0.2) is 0 Å². The topological polar surface area (TPSA) is 72.9 Å². The minimum absolute atomic E-state index is 0.0428. The highest BCUT2D eigenvalue weighted by Gasteiger charge is 2.55. The summed E-state index contributed by atoms with van der Waals surface area (Å²) < 4.78 is 39.1. The lowest BCUT2D eigenvalue weighted by Crippen LogP contribution is -2.38. The molecule has 0 radical (unpaired) electrons. The Hall–Kier alpha value is -2.45. The van der Waals surface area contributed by atoms with E-state index in [1.54, 1.807) is 19.0 Å². The Morgan fingerprint density at radius 1 is 1.33 bits per heavy atom. The first-order chi connectivity index (χ1) is 12.5. The second-order valence-electron chi connectivity index (χ2n) is 7.49. The van der Waals surface area contributed by atoms with Crippen molar-refractivity contribution in [2.75, 3.05) is 37.4 Å². The second-order valence-corrected chi connectivity index (χ2v) is 7.49. The first-order valence-electron chi connectivity index (χ1n) is 8.72. The van der Waals surface area contributed by atoms with Crippen molar-refractivity contribution in [2.45, 2.75) is 25.4 Å². The van der Waals surface area contributed by atoms with Gasteiger partial charge in [-0.3, -0.25) is 4.79 Å². The number of halogens is 3. The van der Waals surface area contributed by atoms with Crippen molar-refractivity contribution < 1.29 is 27.9 Å². The van der Waals surface area contributed by atoms with E-state index in [1.807, 2.05) is 0 Å². The molecule has 2 atom stereocenters. The van der Waals surface area contributed by atoms with Crippen LogP contribution >= 0.6 is 0 Å². The van der Waals surface area contributed by atoms with E-state index < -0.39 is 29.2 Å². The minimum atomic E-state index is -4.53. The number of anilines is 2. The molecule has 27 heavy (non-hydrogen) atoms. The molecule has 0 aromatic heterocycles. The Kier molecular flexibility index (Phi) is 4.73. The third-order valence-corrected chi connectivity index (χ3v) is 5.63. The summed E-state index contributed by atoms with van der Waals surface area (Å²) in [4.78, 5) is 27.4. The van der Waals surface area contributed by atoms with E-state index >= 15 is 0 Å². The number of aliphatic carboxylic acids is 1. The molecule has 1 aliphatic carbocycles. The average Bonchev–Trinajstić information content (AvgIpc) is 3.11. The monoisotopic (exact) mass is 385 g/mol. The molecule has 2 amide bonds. The first kappa shape index (κ1) is 19.3. The van der Waals surface area contributed by atoms with Crippen LogP contribution in [0.1, 0.15) is 24.8 Å². The maximum atomic E-state index is 13.0. The normalized spacial score (nSPS) is 24.6. The van der Waals surface area contributed by atoms with E-state index in [0.29, 0.717) is 18.7 Å². The van der Waals surface area contributed by atoms with Crippen LogP contribution < -0.4 is 10.2 Å². The Morgan fingerprint density at radius 3 is 2.59 bits per heavy atom. The molecule has 2 N–H and O–H groups in total. The van der Waals surface area contributed by atoms with Crippen LogP contribution in [0.3, 0.4) is 0 Å². The molecule has 148 valence electrons. The van der Waals surface area contributed by atoms with Crippen LogP contribution in [-0.2, 0) is 11.0 Å². The number of nitrogens with zero attached hydrogens (tertiary/aromatic N) is 2. The van der Waals surface area contributed by atoms with Crippen LogP contribution in [-0.4, -0.2) is 49.2 Å². The van der Waals surface area contributed by atoms with E-state index in [-0.39, 0.29) is 18.2 Å². The van der Waals surface area contributed by atoms with Crippen molar-refractivity contribution in [2.24, 2.45) is 11.3 Å². The van der Waals surface area contributed by atoms with Gasteiger partial charge in [0.25, 0.3) is 0 Å². The van der Waals surface area contributed by atoms with Gasteiger partial charge in [0.1, 0.15) is 0 Å². The van der Waals surface area contributed by atoms with Crippen LogP contribution in [0.2, 0.25) is 0 Å². The summed E-state index contributed by atoms with van der Waals surface area (Å²) in [7, 11) is 3.33. The lowest BCUT2D eigenvalue weighted by Gasteiger charge is -2.24. The van der Waals surface area contributed by atoms with Gasteiger partial charge in [-0.05, 0) is 37.0 Å². The molecule has 0 unspecified atom stereocenters. The number of urea groups is 1. The molecule has 6 nitrogen and oxygen atoms in total. The summed E-state index contributed by atoms with van der Waals surface area (Å²) in [5.74, 6) is -1.02. The number of carbonyl (C=O) groups excluding carboxylic acids is 1. The first-order valence-corrected chi connectivity index (χ1v) is 8.72. The fraction of sp³-hybridized carbons (Fsp3) is 0.556. The van der Waals surface area contributed by atoms with Crippen molar-refractivity contribution in [3.63, 3.8) is 0 Å². The lowest BCUT2D eigenvalue weighted by atomic mass is 9.81. The number of hydrogen-bond acceptors (Lipinski definition) is 3. The summed E-state index contributed by atoms with van der Waals surface area (Å²) >= 11 is 0. The number of hydrogen-bond donors (Lipinski definition) is 2. The molecular weight excluding hydrogens is 363 g/mol. The zero-order valence-electron chi connectivity index (χ0n) is 15.1. The lowest BCUT2D eigenvalue weighted by molar-refractivity contribution is -0.149. The predicted octanol–water partition coefficient (Wildman–Crippen LogP) is 3.49. The number of alkyl halides is 3. The molecule has 3 rings (SSSR count). The fourth-order valence-electron chi connectivity index (χ4n) is 4.19. The van der Waals surface area contributed by atoms with Crippen LogP contribution in [0.4, 0.5) is 29.3 Å². The summed E-state index contributed by atoms with van der Waals surface area (Å²) in [6.45, 7) is 0.378. The number of fused-ring (bicyclic) bond motifs is 1. The van der Waals surface area contributed by atoms with E-state index in [9.17, 15) is 27.9 Å².